The molecule has 0 bridgehead atoms. The zero-order valence-electron chi connectivity index (χ0n) is 10.9. The average Bonchev–Trinajstić information content (AvgIpc) is 2.79. The van der Waals surface area contributed by atoms with Crippen molar-refractivity contribution in [1.29, 1.82) is 0 Å². The molecule has 1 saturated carbocycles. The summed E-state index contributed by atoms with van der Waals surface area (Å²) in [6, 6.07) is 10.3. The van der Waals surface area contributed by atoms with E-state index in [9.17, 15) is 10.1 Å². The molecule has 5 nitrogen and oxygen atoms in total. The van der Waals surface area contributed by atoms with Crippen molar-refractivity contribution in [3.05, 3.63) is 52.2 Å². The van der Waals surface area contributed by atoms with E-state index in [2.05, 4.69) is 5.10 Å². The monoisotopic (exact) mass is 289 g/mol. The lowest BCUT2D eigenvalue weighted by Gasteiger charge is -2.25. The second-order valence-corrected chi connectivity index (χ2v) is 5.88. The molecule has 0 saturated heterocycles. The molecule has 0 radical (unpaired) electrons. The van der Waals surface area contributed by atoms with Crippen molar-refractivity contribution in [2.24, 2.45) is 0 Å². The summed E-state index contributed by atoms with van der Waals surface area (Å²) >= 11 is 1.43. The Morgan fingerprint density at radius 3 is 2.70 bits per heavy atom. The van der Waals surface area contributed by atoms with Gasteiger partial charge in [-0.05, 0) is 24.8 Å². The van der Waals surface area contributed by atoms with Crippen molar-refractivity contribution < 1.29 is 4.92 Å². The Morgan fingerprint density at radius 1 is 1.35 bits per heavy atom. The van der Waals surface area contributed by atoms with Crippen LogP contribution in [0, 0.1) is 10.1 Å². The van der Waals surface area contributed by atoms with E-state index in [1.807, 2.05) is 30.3 Å². The van der Waals surface area contributed by atoms with Crippen molar-refractivity contribution in [1.82, 2.24) is 9.78 Å². The van der Waals surface area contributed by atoms with Crippen LogP contribution in [0.3, 0.4) is 0 Å². The summed E-state index contributed by atoms with van der Waals surface area (Å²) in [5, 5.41) is 16.0. The van der Waals surface area contributed by atoms with Crippen molar-refractivity contribution >= 4 is 17.4 Å². The smallest absolute Gasteiger partial charge is 0.261 e. The summed E-state index contributed by atoms with van der Waals surface area (Å²) in [5.74, 6) is 0.698. The molecule has 20 heavy (non-hydrogen) atoms. The van der Waals surface area contributed by atoms with Gasteiger partial charge in [0.05, 0.1) is 11.0 Å². The van der Waals surface area contributed by atoms with Crippen LogP contribution in [0.15, 0.2) is 41.6 Å². The number of thioether (sulfide) groups is 1. The Morgan fingerprint density at radius 2 is 2.10 bits per heavy atom. The minimum atomic E-state index is -0.338. The van der Waals surface area contributed by atoms with Crippen molar-refractivity contribution in [2.45, 2.75) is 36.1 Å². The number of nitrogens with zero attached hydrogens (tertiary/aromatic N) is 3. The highest BCUT2D eigenvalue weighted by Gasteiger charge is 2.26. The van der Waals surface area contributed by atoms with Crippen LogP contribution in [0.1, 0.15) is 30.9 Å². The lowest BCUT2D eigenvalue weighted by molar-refractivity contribution is -0.387. The SMILES string of the molecule is O=[N+]([O-])c1cn(C2CCC2)nc1SCc1ccccc1. The summed E-state index contributed by atoms with van der Waals surface area (Å²) in [6.07, 6.45) is 4.91. The summed E-state index contributed by atoms with van der Waals surface area (Å²) in [5.41, 5.74) is 1.27. The maximum atomic E-state index is 11.1. The summed E-state index contributed by atoms with van der Waals surface area (Å²) in [4.78, 5) is 10.8. The van der Waals surface area contributed by atoms with Gasteiger partial charge in [-0.25, -0.2) is 0 Å². The van der Waals surface area contributed by atoms with E-state index in [0.29, 0.717) is 16.8 Å². The molecular formula is C14H15N3O2S. The topological polar surface area (TPSA) is 61.0 Å². The van der Waals surface area contributed by atoms with Crippen LogP contribution in [0.4, 0.5) is 5.69 Å². The van der Waals surface area contributed by atoms with Crippen molar-refractivity contribution in [3.8, 4) is 0 Å². The fourth-order valence-electron chi connectivity index (χ4n) is 2.16. The molecule has 1 heterocycles. The molecule has 104 valence electrons. The third-order valence-electron chi connectivity index (χ3n) is 3.54. The minimum Gasteiger partial charge on any atom is -0.261 e. The van der Waals surface area contributed by atoms with Gasteiger partial charge in [0.1, 0.15) is 6.20 Å². The molecule has 0 spiro atoms. The van der Waals surface area contributed by atoms with Gasteiger partial charge in [0.25, 0.3) is 0 Å². The van der Waals surface area contributed by atoms with E-state index in [4.69, 9.17) is 0 Å². The first-order valence-electron chi connectivity index (χ1n) is 6.64. The van der Waals surface area contributed by atoms with Crippen LogP contribution in [-0.2, 0) is 5.75 Å². The summed E-state index contributed by atoms with van der Waals surface area (Å²) < 4.78 is 1.77. The first kappa shape index (κ1) is 13.2. The Labute approximate surface area is 121 Å². The van der Waals surface area contributed by atoms with Crippen LogP contribution in [0.25, 0.3) is 0 Å². The highest BCUT2D eigenvalue weighted by molar-refractivity contribution is 7.98. The third kappa shape index (κ3) is 2.70. The Kier molecular flexibility index (Phi) is 3.73. The van der Waals surface area contributed by atoms with Gasteiger partial charge in [-0.3, -0.25) is 14.8 Å². The van der Waals surface area contributed by atoms with Crippen LogP contribution in [-0.4, -0.2) is 14.7 Å². The third-order valence-corrected chi connectivity index (χ3v) is 4.59. The molecule has 0 amide bonds. The second-order valence-electron chi connectivity index (χ2n) is 4.92. The molecule has 0 N–H and O–H groups in total. The van der Waals surface area contributed by atoms with Gasteiger partial charge >= 0.3 is 5.69 Å². The predicted octanol–water partition coefficient (Wildman–Crippen LogP) is 3.81. The molecule has 3 rings (SSSR count). The normalized spacial score (nSPS) is 15.0. The lowest BCUT2D eigenvalue weighted by atomic mass is 9.93. The van der Waals surface area contributed by atoms with E-state index < -0.39 is 0 Å². The first-order chi connectivity index (χ1) is 9.74. The van der Waals surface area contributed by atoms with E-state index in [-0.39, 0.29) is 10.6 Å². The molecule has 0 aliphatic heterocycles. The molecule has 2 aromatic rings. The van der Waals surface area contributed by atoms with Crippen LogP contribution < -0.4 is 0 Å². The van der Waals surface area contributed by atoms with E-state index >= 15 is 0 Å². The Hall–Kier alpha value is -1.82. The summed E-state index contributed by atoms with van der Waals surface area (Å²) in [7, 11) is 0. The molecule has 6 heteroatoms. The Bertz CT molecular complexity index is 608. The van der Waals surface area contributed by atoms with Crippen molar-refractivity contribution in [2.75, 3.05) is 0 Å². The maximum Gasteiger partial charge on any atom is 0.320 e. The number of hydrogen-bond acceptors (Lipinski definition) is 4. The predicted molar refractivity (Wildman–Crippen MR) is 77.8 cm³/mol. The van der Waals surface area contributed by atoms with Gasteiger partial charge in [0.15, 0.2) is 5.03 Å². The average molecular weight is 289 g/mol. The number of benzene rings is 1. The number of rotatable bonds is 5. The maximum absolute atomic E-state index is 11.1. The highest BCUT2D eigenvalue weighted by atomic mass is 32.2. The van der Waals surface area contributed by atoms with Crippen LogP contribution in [0.5, 0.6) is 0 Å². The quantitative estimate of drug-likeness (QED) is 0.477. The fourth-order valence-corrected chi connectivity index (χ4v) is 3.08. The fraction of sp³-hybridized carbons (Fsp3) is 0.357. The molecule has 1 aromatic carbocycles. The van der Waals surface area contributed by atoms with Gasteiger partial charge in [0.2, 0.25) is 0 Å². The molecule has 0 unspecified atom stereocenters. The van der Waals surface area contributed by atoms with E-state index in [1.165, 1.54) is 18.2 Å². The standard InChI is InChI=1S/C14H15N3O2S/c18-17(19)13-9-16(12-7-4-8-12)15-14(13)20-10-11-5-2-1-3-6-11/h1-3,5-6,9,12H,4,7-8,10H2. The van der Waals surface area contributed by atoms with E-state index in [0.717, 1.165) is 18.4 Å². The number of hydrogen-bond donors (Lipinski definition) is 0. The molecule has 1 fully saturated rings. The highest BCUT2D eigenvalue weighted by Crippen LogP contribution is 2.36. The number of nitro groups is 1. The largest absolute Gasteiger partial charge is 0.320 e. The van der Waals surface area contributed by atoms with Crippen LogP contribution >= 0.6 is 11.8 Å². The van der Waals surface area contributed by atoms with Gasteiger partial charge < -0.3 is 0 Å². The molecule has 1 aliphatic rings. The molecular weight excluding hydrogens is 274 g/mol. The molecule has 1 aliphatic carbocycles. The van der Waals surface area contributed by atoms with Crippen molar-refractivity contribution in [3.63, 3.8) is 0 Å². The second kappa shape index (κ2) is 5.66. The van der Waals surface area contributed by atoms with Gasteiger partial charge in [0, 0.05) is 5.75 Å². The molecule has 1 aromatic heterocycles. The van der Waals surface area contributed by atoms with Gasteiger partial charge in [-0.1, -0.05) is 42.1 Å². The van der Waals surface area contributed by atoms with Gasteiger partial charge in [-0.2, -0.15) is 5.10 Å². The zero-order chi connectivity index (χ0) is 13.9. The summed E-state index contributed by atoms with van der Waals surface area (Å²) in [6.45, 7) is 0. The Balaban J connectivity index is 1.77. The van der Waals surface area contributed by atoms with Gasteiger partial charge in [-0.15, -0.1) is 0 Å². The first-order valence-corrected chi connectivity index (χ1v) is 7.63. The molecule has 0 atom stereocenters. The van der Waals surface area contributed by atoms with E-state index in [1.54, 1.807) is 10.9 Å². The lowest BCUT2D eigenvalue weighted by Crippen LogP contribution is -2.17. The number of aromatic nitrogens is 2. The van der Waals surface area contributed by atoms with Crippen LogP contribution in [0.2, 0.25) is 0 Å². The zero-order valence-corrected chi connectivity index (χ0v) is 11.8. The minimum absolute atomic E-state index is 0.123.